The molecule has 0 aliphatic carbocycles. The smallest absolute Gasteiger partial charge is 0.0796 e. The third-order valence-electron chi connectivity index (χ3n) is 2.99. The molecule has 87 valence electrons. The molecule has 0 atom stereocenters. The van der Waals surface area contributed by atoms with Gasteiger partial charge in [0.25, 0.3) is 0 Å². The Morgan fingerprint density at radius 1 is 1.24 bits per heavy atom. The monoisotopic (exact) mass is 303 g/mol. The normalized spacial score (nSPS) is 11.1. The molecule has 0 heterocycles. The molecular weight excluding hydrogens is 288 g/mol. The number of hydrogen-bond donors (Lipinski definition) is 0. The minimum absolute atomic E-state index is 0.454. The van der Waals surface area contributed by atoms with Crippen molar-refractivity contribution in [1.82, 2.24) is 0 Å². The van der Waals surface area contributed by atoms with Crippen LogP contribution < -0.4 is 5.19 Å². The van der Waals surface area contributed by atoms with Gasteiger partial charge in [0.05, 0.1) is 8.80 Å². The topological polar surface area (TPSA) is 0 Å². The lowest BCUT2D eigenvalue weighted by molar-refractivity contribution is 1.32. The first-order chi connectivity index (χ1) is 8.15. The van der Waals surface area contributed by atoms with Gasteiger partial charge in [-0.05, 0) is 28.8 Å². The lowest BCUT2D eigenvalue weighted by atomic mass is 10.0. The summed E-state index contributed by atoms with van der Waals surface area (Å²) in [6, 6.07) is 10.9. The van der Waals surface area contributed by atoms with Gasteiger partial charge in [-0.1, -0.05) is 64.6 Å². The third kappa shape index (κ3) is 2.38. The molecule has 0 bridgehead atoms. The summed E-state index contributed by atoms with van der Waals surface area (Å²) in [6.45, 7) is 8.57. The van der Waals surface area contributed by atoms with Gasteiger partial charge in [0, 0.05) is 4.47 Å². The predicted molar refractivity (Wildman–Crippen MR) is 82.7 cm³/mol. The van der Waals surface area contributed by atoms with Gasteiger partial charge in [-0.25, -0.2) is 0 Å². The van der Waals surface area contributed by atoms with Gasteiger partial charge in [-0.15, -0.1) is 6.58 Å². The van der Waals surface area contributed by atoms with E-state index in [2.05, 4.69) is 65.9 Å². The fraction of sp³-hybridized carbons (Fsp3) is 0.200. The zero-order valence-corrected chi connectivity index (χ0v) is 12.8. The molecule has 0 fully saturated rings. The van der Waals surface area contributed by atoms with Crippen LogP contribution in [0.5, 0.6) is 0 Å². The van der Waals surface area contributed by atoms with Crippen LogP contribution in [0.3, 0.4) is 0 Å². The van der Waals surface area contributed by atoms with E-state index in [1.807, 2.05) is 6.08 Å². The van der Waals surface area contributed by atoms with Crippen molar-refractivity contribution in [3.8, 4) is 0 Å². The van der Waals surface area contributed by atoms with E-state index in [4.69, 9.17) is 0 Å². The van der Waals surface area contributed by atoms with Crippen LogP contribution in [0.2, 0.25) is 13.1 Å². The summed E-state index contributed by atoms with van der Waals surface area (Å²) >= 11 is 3.69. The second-order valence-electron chi connectivity index (χ2n) is 4.42. The Kier molecular flexibility index (Phi) is 3.85. The van der Waals surface area contributed by atoms with E-state index in [0.29, 0.717) is 0 Å². The highest BCUT2D eigenvalue weighted by atomic mass is 79.9. The van der Waals surface area contributed by atoms with E-state index in [9.17, 15) is 0 Å². The molecular formula is C15H16BrSi. The van der Waals surface area contributed by atoms with E-state index < -0.39 is 8.80 Å². The van der Waals surface area contributed by atoms with Crippen LogP contribution >= 0.6 is 15.9 Å². The average Bonchev–Trinajstić information content (AvgIpc) is 2.32. The van der Waals surface area contributed by atoms with Crippen molar-refractivity contribution in [2.24, 2.45) is 0 Å². The fourth-order valence-electron chi connectivity index (χ4n) is 2.20. The van der Waals surface area contributed by atoms with Gasteiger partial charge in [0.15, 0.2) is 0 Å². The fourth-order valence-corrected chi connectivity index (χ4v) is 4.26. The summed E-state index contributed by atoms with van der Waals surface area (Å²) in [6.07, 6.45) is 2.96. The number of fused-ring (bicyclic) bond motifs is 1. The number of halogens is 1. The van der Waals surface area contributed by atoms with Crippen molar-refractivity contribution in [2.45, 2.75) is 19.5 Å². The first-order valence-corrected chi connectivity index (χ1v) is 9.06. The summed E-state index contributed by atoms with van der Waals surface area (Å²) in [7, 11) is -0.454. The average molecular weight is 304 g/mol. The van der Waals surface area contributed by atoms with Crippen molar-refractivity contribution in [3.63, 3.8) is 0 Å². The van der Waals surface area contributed by atoms with E-state index >= 15 is 0 Å². The molecule has 0 aliphatic rings. The Morgan fingerprint density at radius 2 is 1.88 bits per heavy atom. The van der Waals surface area contributed by atoms with Crippen LogP contribution in [0.15, 0.2) is 47.5 Å². The zero-order valence-electron chi connectivity index (χ0n) is 10.3. The lowest BCUT2D eigenvalue weighted by Gasteiger charge is -2.15. The molecule has 0 N–H and O–H groups in total. The molecule has 0 aromatic heterocycles. The van der Waals surface area contributed by atoms with Crippen molar-refractivity contribution >= 4 is 40.7 Å². The van der Waals surface area contributed by atoms with Gasteiger partial charge in [-0.3, -0.25) is 0 Å². The van der Waals surface area contributed by atoms with Gasteiger partial charge < -0.3 is 0 Å². The van der Waals surface area contributed by atoms with Gasteiger partial charge in [0.2, 0.25) is 0 Å². The Hall–Kier alpha value is -0.863. The highest BCUT2D eigenvalue weighted by Gasteiger charge is 2.12. The zero-order chi connectivity index (χ0) is 12.4. The molecule has 0 saturated heterocycles. The van der Waals surface area contributed by atoms with E-state index in [-0.39, 0.29) is 0 Å². The maximum Gasteiger partial charge on any atom is 0.0796 e. The lowest BCUT2D eigenvalue weighted by Crippen LogP contribution is -2.27. The maximum absolute atomic E-state index is 3.89. The Morgan fingerprint density at radius 3 is 2.47 bits per heavy atom. The van der Waals surface area contributed by atoms with Crippen LogP contribution in [0.4, 0.5) is 0 Å². The number of hydrogen-bond acceptors (Lipinski definition) is 0. The first-order valence-electron chi connectivity index (χ1n) is 5.76. The van der Waals surface area contributed by atoms with E-state index in [0.717, 1.165) is 6.42 Å². The van der Waals surface area contributed by atoms with Gasteiger partial charge >= 0.3 is 0 Å². The van der Waals surface area contributed by atoms with Crippen molar-refractivity contribution in [2.75, 3.05) is 0 Å². The molecule has 2 heteroatoms. The van der Waals surface area contributed by atoms with E-state index in [1.165, 1.54) is 26.0 Å². The second-order valence-corrected chi connectivity index (χ2v) is 7.82. The summed E-state index contributed by atoms with van der Waals surface area (Å²) < 4.78 is 1.21. The summed E-state index contributed by atoms with van der Waals surface area (Å²) in [5.74, 6) is 0. The van der Waals surface area contributed by atoms with E-state index in [1.54, 1.807) is 0 Å². The maximum atomic E-state index is 3.89. The van der Waals surface area contributed by atoms with Gasteiger partial charge in [-0.2, -0.15) is 0 Å². The van der Waals surface area contributed by atoms with Crippen LogP contribution in [0.1, 0.15) is 5.56 Å². The number of allylic oxidation sites excluding steroid dienone is 1. The van der Waals surface area contributed by atoms with Crippen molar-refractivity contribution < 1.29 is 0 Å². The standard InChI is InChI=1S/C15H16BrSi/c1-4-7-13-11-8-5-6-9-12(11)14(16)10-15(13)17(2)3/h4-6,8-10H,1,7H2,2-3H3. The minimum Gasteiger partial charge on any atom is -0.103 e. The third-order valence-corrected chi connectivity index (χ3v) is 5.17. The molecule has 2 rings (SSSR count). The van der Waals surface area contributed by atoms with Crippen LogP contribution in [-0.4, -0.2) is 8.80 Å². The number of rotatable bonds is 3. The molecule has 2 aromatic carbocycles. The minimum atomic E-state index is -0.454. The first kappa shape index (κ1) is 12.6. The molecule has 0 saturated carbocycles. The molecule has 0 unspecified atom stereocenters. The summed E-state index contributed by atoms with van der Waals surface area (Å²) in [4.78, 5) is 0. The molecule has 2 aromatic rings. The SMILES string of the molecule is C=CCc1c([Si](C)C)cc(Br)c2ccccc12. The molecule has 0 nitrogen and oxygen atoms in total. The Labute approximate surface area is 113 Å². The predicted octanol–water partition coefficient (Wildman–Crippen LogP) is 4.29. The molecule has 1 radical (unpaired) electrons. The largest absolute Gasteiger partial charge is 0.103 e. The number of benzene rings is 2. The molecule has 17 heavy (non-hydrogen) atoms. The highest BCUT2D eigenvalue weighted by Crippen LogP contribution is 2.26. The molecule has 0 aliphatic heterocycles. The van der Waals surface area contributed by atoms with Crippen LogP contribution in [-0.2, 0) is 6.42 Å². The Bertz CT molecular complexity index is 558. The van der Waals surface area contributed by atoms with Crippen LogP contribution in [0, 0.1) is 0 Å². The second kappa shape index (κ2) is 5.19. The summed E-state index contributed by atoms with van der Waals surface area (Å²) in [5, 5.41) is 4.18. The summed E-state index contributed by atoms with van der Waals surface area (Å²) in [5.41, 5.74) is 1.46. The Balaban J connectivity index is 2.82. The van der Waals surface area contributed by atoms with Gasteiger partial charge in [0.1, 0.15) is 0 Å². The molecule has 0 spiro atoms. The van der Waals surface area contributed by atoms with Crippen molar-refractivity contribution in [3.05, 3.63) is 53.0 Å². The quantitative estimate of drug-likeness (QED) is 0.586. The van der Waals surface area contributed by atoms with Crippen LogP contribution in [0.25, 0.3) is 10.8 Å². The molecule has 0 amide bonds. The highest BCUT2D eigenvalue weighted by molar-refractivity contribution is 9.10. The van der Waals surface area contributed by atoms with Crippen molar-refractivity contribution in [1.29, 1.82) is 0 Å².